The molecule has 0 atom stereocenters. The van der Waals surface area contributed by atoms with Crippen LogP contribution in [0.15, 0.2) is 18.2 Å². The highest BCUT2D eigenvalue weighted by Gasteiger charge is 2.25. The van der Waals surface area contributed by atoms with Gasteiger partial charge in [0.05, 0.1) is 17.3 Å². The lowest BCUT2D eigenvalue weighted by Gasteiger charge is -2.40. The molecule has 1 aliphatic rings. The predicted molar refractivity (Wildman–Crippen MR) is 70.5 cm³/mol. The first-order valence-corrected chi connectivity index (χ1v) is 6.31. The van der Waals surface area contributed by atoms with Crippen molar-refractivity contribution in [2.24, 2.45) is 0 Å². The summed E-state index contributed by atoms with van der Waals surface area (Å²) >= 11 is 5.92. The van der Waals surface area contributed by atoms with Crippen LogP contribution >= 0.6 is 11.6 Å². The van der Waals surface area contributed by atoms with Gasteiger partial charge >= 0.3 is 0 Å². The first kappa shape index (κ1) is 12.2. The molecule has 1 aliphatic heterocycles. The first-order valence-electron chi connectivity index (χ1n) is 5.93. The average Bonchev–Trinajstić information content (AvgIpc) is 2.26. The van der Waals surface area contributed by atoms with Gasteiger partial charge in [-0.25, -0.2) is 0 Å². The molecule has 0 amide bonds. The maximum atomic E-state index is 9.18. The molecule has 0 unspecified atom stereocenters. The van der Waals surface area contributed by atoms with Gasteiger partial charge in [-0.3, -0.25) is 0 Å². The summed E-state index contributed by atoms with van der Waals surface area (Å²) in [5, 5.41) is 13.1. The zero-order valence-corrected chi connectivity index (χ0v) is 10.7. The van der Waals surface area contributed by atoms with Gasteiger partial charge in [-0.15, -0.1) is 0 Å². The van der Waals surface area contributed by atoms with Crippen LogP contribution in [-0.4, -0.2) is 25.7 Å². The number of hydrogen-bond donors (Lipinski definition) is 1. The van der Waals surface area contributed by atoms with Gasteiger partial charge in [0.1, 0.15) is 6.07 Å². The minimum atomic E-state index is 0.503. The van der Waals surface area contributed by atoms with Crippen molar-refractivity contribution >= 4 is 17.3 Å². The Labute approximate surface area is 107 Å². The maximum absolute atomic E-state index is 9.18. The number of halogens is 1. The minimum Gasteiger partial charge on any atom is -0.365 e. The standard InChI is InChI=1S/C13H16ClN3/c1-2-5-17(12-8-16-9-12)13-4-3-11(14)6-10(13)7-15/h3-4,6,12,16H,2,5,8-9H2,1H3. The van der Waals surface area contributed by atoms with Crippen LogP contribution in [0.5, 0.6) is 0 Å². The van der Waals surface area contributed by atoms with E-state index in [0.29, 0.717) is 16.6 Å². The van der Waals surface area contributed by atoms with Gasteiger partial charge in [0.2, 0.25) is 0 Å². The molecule has 1 aromatic rings. The third-order valence-corrected chi connectivity index (χ3v) is 3.29. The number of hydrogen-bond acceptors (Lipinski definition) is 3. The summed E-state index contributed by atoms with van der Waals surface area (Å²) in [5.74, 6) is 0. The number of anilines is 1. The van der Waals surface area contributed by atoms with E-state index < -0.39 is 0 Å². The highest BCUT2D eigenvalue weighted by molar-refractivity contribution is 6.30. The summed E-state index contributed by atoms with van der Waals surface area (Å²) in [6.45, 7) is 5.12. The molecular weight excluding hydrogens is 234 g/mol. The summed E-state index contributed by atoms with van der Waals surface area (Å²) in [5.41, 5.74) is 1.67. The van der Waals surface area contributed by atoms with E-state index >= 15 is 0 Å². The first-order chi connectivity index (χ1) is 8.26. The number of nitrogens with one attached hydrogen (secondary N) is 1. The van der Waals surface area contributed by atoms with Crippen molar-refractivity contribution in [3.63, 3.8) is 0 Å². The Kier molecular flexibility index (Phi) is 3.88. The molecule has 1 saturated heterocycles. The minimum absolute atomic E-state index is 0.503. The van der Waals surface area contributed by atoms with Crippen molar-refractivity contribution in [1.29, 1.82) is 5.26 Å². The molecule has 1 N–H and O–H groups in total. The van der Waals surface area contributed by atoms with Gasteiger partial charge in [0, 0.05) is 24.7 Å². The van der Waals surface area contributed by atoms with E-state index in [9.17, 15) is 5.26 Å². The number of nitriles is 1. The third kappa shape index (κ3) is 2.54. The second-order valence-electron chi connectivity index (χ2n) is 4.28. The fourth-order valence-corrected chi connectivity index (χ4v) is 2.25. The Morgan fingerprint density at radius 2 is 2.29 bits per heavy atom. The lowest BCUT2D eigenvalue weighted by atomic mass is 10.1. The number of rotatable bonds is 4. The summed E-state index contributed by atoms with van der Waals surface area (Å²) in [4.78, 5) is 2.31. The molecule has 17 heavy (non-hydrogen) atoms. The molecular formula is C13H16ClN3. The molecule has 2 rings (SSSR count). The lowest BCUT2D eigenvalue weighted by molar-refractivity contribution is 0.412. The van der Waals surface area contributed by atoms with E-state index in [1.165, 1.54) is 0 Å². The zero-order chi connectivity index (χ0) is 12.3. The van der Waals surface area contributed by atoms with Crippen LogP contribution in [0.4, 0.5) is 5.69 Å². The topological polar surface area (TPSA) is 39.1 Å². The lowest BCUT2D eigenvalue weighted by Crippen LogP contribution is -2.57. The van der Waals surface area contributed by atoms with Gasteiger partial charge in [0.15, 0.2) is 0 Å². The highest BCUT2D eigenvalue weighted by Crippen LogP contribution is 2.26. The van der Waals surface area contributed by atoms with Crippen LogP contribution in [0.25, 0.3) is 0 Å². The van der Waals surface area contributed by atoms with E-state index in [-0.39, 0.29) is 0 Å². The Hall–Kier alpha value is -1.24. The van der Waals surface area contributed by atoms with E-state index in [1.54, 1.807) is 6.07 Å². The van der Waals surface area contributed by atoms with Crippen LogP contribution in [0.2, 0.25) is 5.02 Å². The van der Waals surface area contributed by atoms with E-state index in [0.717, 1.165) is 31.7 Å². The Bertz CT molecular complexity index is 435. The monoisotopic (exact) mass is 249 g/mol. The van der Waals surface area contributed by atoms with E-state index in [2.05, 4.69) is 23.2 Å². The number of nitrogens with zero attached hydrogens (tertiary/aromatic N) is 2. The van der Waals surface area contributed by atoms with Crippen molar-refractivity contribution in [2.45, 2.75) is 19.4 Å². The maximum Gasteiger partial charge on any atom is 0.101 e. The summed E-state index contributed by atoms with van der Waals surface area (Å²) in [7, 11) is 0. The fourth-order valence-electron chi connectivity index (χ4n) is 2.08. The molecule has 0 saturated carbocycles. The van der Waals surface area contributed by atoms with Gasteiger partial charge in [-0.2, -0.15) is 5.26 Å². The van der Waals surface area contributed by atoms with Crippen molar-refractivity contribution < 1.29 is 0 Å². The molecule has 0 aromatic heterocycles. The molecule has 90 valence electrons. The van der Waals surface area contributed by atoms with Crippen LogP contribution < -0.4 is 10.2 Å². The molecule has 1 heterocycles. The van der Waals surface area contributed by atoms with Crippen LogP contribution in [-0.2, 0) is 0 Å². The smallest absolute Gasteiger partial charge is 0.101 e. The molecule has 4 heteroatoms. The van der Waals surface area contributed by atoms with Gasteiger partial charge < -0.3 is 10.2 Å². The largest absolute Gasteiger partial charge is 0.365 e. The Balaban J connectivity index is 2.31. The van der Waals surface area contributed by atoms with Gasteiger partial charge in [-0.1, -0.05) is 18.5 Å². The molecule has 0 radical (unpaired) electrons. The summed E-state index contributed by atoms with van der Waals surface area (Å²) in [6, 6.07) is 8.28. The normalized spacial score (nSPS) is 15.1. The second kappa shape index (κ2) is 5.39. The second-order valence-corrected chi connectivity index (χ2v) is 4.72. The third-order valence-electron chi connectivity index (χ3n) is 3.05. The van der Waals surface area contributed by atoms with Crippen molar-refractivity contribution in [3.8, 4) is 6.07 Å². The SMILES string of the molecule is CCCN(c1ccc(Cl)cc1C#N)C1CNC1. The van der Waals surface area contributed by atoms with E-state index in [1.807, 2.05) is 12.1 Å². The van der Waals surface area contributed by atoms with Crippen molar-refractivity contribution in [1.82, 2.24) is 5.32 Å². The fraction of sp³-hybridized carbons (Fsp3) is 0.462. The summed E-state index contributed by atoms with van der Waals surface area (Å²) < 4.78 is 0. The van der Waals surface area contributed by atoms with Crippen molar-refractivity contribution in [3.05, 3.63) is 28.8 Å². The van der Waals surface area contributed by atoms with Gasteiger partial charge in [-0.05, 0) is 24.6 Å². The molecule has 0 bridgehead atoms. The molecule has 1 fully saturated rings. The highest BCUT2D eigenvalue weighted by atomic mass is 35.5. The average molecular weight is 250 g/mol. The number of benzene rings is 1. The van der Waals surface area contributed by atoms with E-state index in [4.69, 9.17) is 11.6 Å². The Morgan fingerprint density at radius 1 is 1.53 bits per heavy atom. The molecule has 1 aromatic carbocycles. The molecule has 0 spiro atoms. The zero-order valence-electron chi connectivity index (χ0n) is 9.91. The molecule has 3 nitrogen and oxygen atoms in total. The predicted octanol–water partition coefficient (Wildman–Crippen LogP) is 2.40. The Morgan fingerprint density at radius 3 is 2.82 bits per heavy atom. The quantitative estimate of drug-likeness (QED) is 0.891. The van der Waals surface area contributed by atoms with Gasteiger partial charge in [0.25, 0.3) is 0 Å². The summed E-state index contributed by atoms with van der Waals surface area (Å²) in [6.07, 6.45) is 1.07. The van der Waals surface area contributed by atoms with Crippen LogP contribution in [0.3, 0.4) is 0 Å². The van der Waals surface area contributed by atoms with Crippen LogP contribution in [0.1, 0.15) is 18.9 Å². The molecule has 0 aliphatic carbocycles. The van der Waals surface area contributed by atoms with Crippen molar-refractivity contribution in [2.75, 3.05) is 24.5 Å². The van der Waals surface area contributed by atoms with Crippen LogP contribution in [0, 0.1) is 11.3 Å².